The highest BCUT2D eigenvalue weighted by Crippen LogP contribution is 2.36. The van der Waals surface area contributed by atoms with Crippen LogP contribution >= 0.6 is 0 Å². The van der Waals surface area contributed by atoms with Crippen molar-refractivity contribution in [2.24, 2.45) is 0 Å². The van der Waals surface area contributed by atoms with Crippen LogP contribution < -0.4 is 22.1 Å². The van der Waals surface area contributed by atoms with E-state index < -0.39 is 0 Å². The molecule has 0 heterocycles. The number of hydrogen-bond acceptors (Lipinski definition) is 4. The fraction of sp³-hybridized carbons (Fsp3) is 0. The minimum absolute atomic E-state index is 0.704. The van der Waals surface area contributed by atoms with Crippen molar-refractivity contribution < 1.29 is 0 Å². The van der Waals surface area contributed by atoms with Crippen molar-refractivity contribution >= 4 is 34.1 Å². The fourth-order valence-electron chi connectivity index (χ4n) is 2.44. The molecule has 0 fully saturated rings. The molecule has 3 rings (SSSR count). The number of nitrogens with zero attached hydrogens (tertiary/aromatic N) is 1. The maximum absolute atomic E-state index is 5.94. The molecule has 0 spiro atoms. The van der Waals surface area contributed by atoms with Gasteiger partial charge in [-0.15, -0.1) is 0 Å². The fourth-order valence-corrected chi connectivity index (χ4v) is 2.44. The van der Waals surface area contributed by atoms with E-state index in [1.807, 2.05) is 72.8 Å². The van der Waals surface area contributed by atoms with Crippen molar-refractivity contribution in [3.05, 3.63) is 72.8 Å². The summed E-state index contributed by atoms with van der Waals surface area (Å²) >= 11 is 0. The molecule has 4 nitrogen and oxygen atoms in total. The highest BCUT2D eigenvalue weighted by atomic mass is 15.1. The van der Waals surface area contributed by atoms with Crippen LogP contribution in [0.5, 0.6) is 0 Å². The van der Waals surface area contributed by atoms with Crippen molar-refractivity contribution in [3.63, 3.8) is 0 Å². The number of anilines is 6. The third kappa shape index (κ3) is 2.81. The van der Waals surface area contributed by atoms with E-state index in [2.05, 4.69) is 4.90 Å². The van der Waals surface area contributed by atoms with Crippen molar-refractivity contribution in [2.45, 2.75) is 0 Å². The zero-order chi connectivity index (χ0) is 15.5. The van der Waals surface area contributed by atoms with E-state index in [0.29, 0.717) is 17.1 Å². The van der Waals surface area contributed by atoms with Crippen LogP contribution in [0.25, 0.3) is 0 Å². The predicted octanol–water partition coefficient (Wildman–Crippen LogP) is 3.90. The minimum Gasteiger partial charge on any atom is -0.399 e. The summed E-state index contributed by atoms with van der Waals surface area (Å²) in [6, 6.07) is 23.1. The zero-order valence-electron chi connectivity index (χ0n) is 12.1. The van der Waals surface area contributed by atoms with Crippen LogP contribution in [0.1, 0.15) is 0 Å². The van der Waals surface area contributed by atoms with E-state index in [1.54, 1.807) is 0 Å². The largest absolute Gasteiger partial charge is 0.399 e. The van der Waals surface area contributed by atoms with E-state index in [1.165, 1.54) is 0 Å². The van der Waals surface area contributed by atoms with Gasteiger partial charge in [-0.2, -0.15) is 0 Å². The average Bonchev–Trinajstić information content (AvgIpc) is 2.48. The molecule has 0 saturated carbocycles. The Morgan fingerprint density at radius 1 is 0.500 bits per heavy atom. The molecule has 0 radical (unpaired) electrons. The summed E-state index contributed by atoms with van der Waals surface area (Å²) in [6.45, 7) is 0. The second-order valence-corrected chi connectivity index (χ2v) is 5.12. The summed E-state index contributed by atoms with van der Waals surface area (Å²) in [5.41, 5.74) is 22.8. The molecule has 110 valence electrons. The van der Waals surface area contributed by atoms with Gasteiger partial charge in [-0.3, -0.25) is 0 Å². The number of rotatable bonds is 3. The Bertz CT molecular complexity index is 690. The Hall–Kier alpha value is -3.14. The first-order chi connectivity index (χ1) is 10.6. The third-order valence-electron chi connectivity index (χ3n) is 3.39. The van der Waals surface area contributed by atoms with Gasteiger partial charge in [0.2, 0.25) is 0 Å². The van der Waals surface area contributed by atoms with Crippen LogP contribution in [-0.4, -0.2) is 0 Å². The van der Waals surface area contributed by atoms with Gasteiger partial charge >= 0.3 is 0 Å². The van der Waals surface area contributed by atoms with E-state index in [-0.39, 0.29) is 0 Å². The first-order valence-corrected chi connectivity index (χ1v) is 7.00. The van der Waals surface area contributed by atoms with Gasteiger partial charge in [-0.1, -0.05) is 18.2 Å². The summed E-state index contributed by atoms with van der Waals surface area (Å²) in [4.78, 5) is 2.07. The van der Waals surface area contributed by atoms with Gasteiger partial charge < -0.3 is 22.1 Å². The molecule has 0 saturated heterocycles. The number of benzene rings is 3. The highest BCUT2D eigenvalue weighted by Gasteiger charge is 2.13. The summed E-state index contributed by atoms with van der Waals surface area (Å²) in [5.74, 6) is 0. The van der Waals surface area contributed by atoms with Crippen LogP contribution in [0.4, 0.5) is 34.1 Å². The molecule has 0 aliphatic heterocycles. The van der Waals surface area contributed by atoms with E-state index >= 15 is 0 Å². The third-order valence-corrected chi connectivity index (χ3v) is 3.39. The molecule has 0 aromatic heterocycles. The summed E-state index contributed by atoms with van der Waals surface area (Å²) in [6.07, 6.45) is 0. The Morgan fingerprint density at radius 2 is 0.818 bits per heavy atom. The maximum Gasteiger partial charge on any atom is 0.0482 e. The molecule has 0 atom stereocenters. The van der Waals surface area contributed by atoms with E-state index in [4.69, 9.17) is 17.2 Å². The first kappa shape index (κ1) is 13.8. The van der Waals surface area contributed by atoms with Crippen LogP contribution in [0.2, 0.25) is 0 Å². The Balaban J connectivity index is 2.18. The number of nitrogen functional groups attached to an aromatic ring is 3. The molecule has 0 unspecified atom stereocenters. The summed E-state index contributed by atoms with van der Waals surface area (Å²) < 4.78 is 0. The van der Waals surface area contributed by atoms with E-state index in [0.717, 1.165) is 17.1 Å². The Morgan fingerprint density at radius 3 is 1.09 bits per heavy atom. The van der Waals surface area contributed by atoms with Crippen molar-refractivity contribution in [1.82, 2.24) is 0 Å². The lowest BCUT2D eigenvalue weighted by Crippen LogP contribution is -2.10. The Kier molecular flexibility index (Phi) is 3.58. The minimum atomic E-state index is 0.704. The van der Waals surface area contributed by atoms with Gasteiger partial charge in [-0.05, 0) is 54.6 Å². The van der Waals surface area contributed by atoms with E-state index in [9.17, 15) is 0 Å². The van der Waals surface area contributed by atoms with Crippen LogP contribution in [-0.2, 0) is 0 Å². The molecule has 6 N–H and O–H groups in total. The van der Waals surface area contributed by atoms with Crippen LogP contribution in [0.15, 0.2) is 72.8 Å². The lowest BCUT2D eigenvalue weighted by atomic mass is 10.1. The van der Waals surface area contributed by atoms with Gasteiger partial charge in [0, 0.05) is 34.1 Å². The SMILES string of the molecule is Nc1cccc(N(c2cccc(N)c2)c2cccc(N)c2)c1. The molecule has 3 aromatic carbocycles. The molecule has 3 aromatic rings. The number of nitrogens with two attached hydrogens (primary N) is 3. The molecule has 4 heteroatoms. The smallest absolute Gasteiger partial charge is 0.0482 e. The maximum atomic E-state index is 5.94. The van der Waals surface area contributed by atoms with Gasteiger partial charge in [0.05, 0.1) is 0 Å². The van der Waals surface area contributed by atoms with Crippen LogP contribution in [0, 0.1) is 0 Å². The normalized spacial score (nSPS) is 10.4. The zero-order valence-corrected chi connectivity index (χ0v) is 12.1. The number of hydrogen-bond donors (Lipinski definition) is 3. The monoisotopic (exact) mass is 290 g/mol. The Labute approximate surface area is 129 Å². The first-order valence-electron chi connectivity index (χ1n) is 7.00. The molecule has 0 aliphatic rings. The highest BCUT2D eigenvalue weighted by molar-refractivity contribution is 5.80. The second kappa shape index (κ2) is 5.69. The van der Waals surface area contributed by atoms with Gasteiger partial charge in [-0.25, -0.2) is 0 Å². The predicted molar refractivity (Wildman–Crippen MR) is 94.4 cm³/mol. The van der Waals surface area contributed by atoms with Crippen molar-refractivity contribution in [2.75, 3.05) is 22.1 Å². The van der Waals surface area contributed by atoms with Crippen molar-refractivity contribution in [3.8, 4) is 0 Å². The topological polar surface area (TPSA) is 81.3 Å². The van der Waals surface area contributed by atoms with Gasteiger partial charge in [0.1, 0.15) is 0 Å². The van der Waals surface area contributed by atoms with Gasteiger partial charge in [0.25, 0.3) is 0 Å². The lowest BCUT2D eigenvalue weighted by Gasteiger charge is -2.26. The standard InChI is InChI=1S/C18H18N4/c19-13-4-1-7-16(10-13)22(17-8-2-5-14(20)11-17)18-9-3-6-15(21)12-18/h1-12H,19-21H2. The van der Waals surface area contributed by atoms with Crippen LogP contribution in [0.3, 0.4) is 0 Å². The van der Waals surface area contributed by atoms with Gasteiger partial charge in [0.15, 0.2) is 0 Å². The molecular weight excluding hydrogens is 272 g/mol. The summed E-state index contributed by atoms with van der Waals surface area (Å²) in [7, 11) is 0. The molecule has 0 aliphatic carbocycles. The quantitative estimate of drug-likeness (QED) is 0.639. The second-order valence-electron chi connectivity index (χ2n) is 5.12. The molecule has 22 heavy (non-hydrogen) atoms. The molecule has 0 amide bonds. The molecule has 0 bridgehead atoms. The summed E-state index contributed by atoms with van der Waals surface area (Å²) in [5, 5.41) is 0. The van der Waals surface area contributed by atoms with Crippen molar-refractivity contribution in [1.29, 1.82) is 0 Å². The molecular formula is C18H18N4. The average molecular weight is 290 g/mol. The lowest BCUT2D eigenvalue weighted by molar-refractivity contribution is 1.29.